The first-order chi connectivity index (χ1) is 21.2. The first-order valence-electron chi connectivity index (χ1n) is 17.2. The molecule has 8 heteroatoms. The second kappa shape index (κ2) is 21.3. The highest BCUT2D eigenvalue weighted by Gasteiger charge is 2.31. The van der Waals surface area contributed by atoms with E-state index in [9.17, 15) is 24.9 Å². The number of rotatable bonds is 23. The number of esters is 2. The van der Waals surface area contributed by atoms with Gasteiger partial charge in [-0.15, -0.1) is 0 Å². The largest absolute Gasteiger partial charge is 0.465 e. The molecule has 1 aromatic rings. The van der Waals surface area contributed by atoms with Crippen LogP contribution in [-0.2, 0) is 31.6 Å². The summed E-state index contributed by atoms with van der Waals surface area (Å²) < 4.78 is 11.4. The van der Waals surface area contributed by atoms with Gasteiger partial charge in [-0.1, -0.05) is 118 Å². The predicted octanol–water partition coefficient (Wildman–Crippen LogP) is 7.67. The van der Waals surface area contributed by atoms with Crippen LogP contribution in [0.15, 0.2) is 12.1 Å². The molecule has 0 saturated heterocycles. The van der Waals surface area contributed by atoms with Crippen molar-refractivity contribution in [1.29, 1.82) is 0 Å². The van der Waals surface area contributed by atoms with E-state index >= 15 is 0 Å². The first-order valence-corrected chi connectivity index (χ1v) is 18.3. The average Bonchev–Trinajstić information content (AvgIpc) is 2.98. The minimum absolute atomic E-state index is 0.0982. The maximum absolute atomic E-state index is 13.0. The molecule has 0 radical (unpaired) electrons. The molecule has 0 unspecified atom stereocenters. The van der Waals surface area contributed by atoms with Gasteiger partial charge in [-0.25, -0.2) is 0 Å². The van der Waals surface area contributed by atoms with Crippen molar-refractivity contribution in [1.82, 2.24) is 0 Å². The summed E-state index contributed by atoms with van der Waals surface area (Å²) in [6.45, 7) is 13.1. The van der Waals surface area contributed by atoms with E-state index in [4.69, 9.17) is 9.47 Å². The number of thioether (sulfide) groups is 1. The van der Waals surface area contributed by atoms with Crippen LogP contribution in [0.1, 0.15) is 142 Å². The van der Waals surface area contributed by atoms with Crippen molar-refractivity contribution in [3.8, 4) is 5.75 Å². The molecule has 45 heavy (non-hydrogen) atoms. The highest BCUT2D eigenvalue weighted by atomic mass is 32.2. The van der Waals surface area contributed by atoms with E-state index in [1.54, 1.807) is 0 Å². The van der Waals surface area contributed by atoms with Gasteiger partial charge < -0.3 is 24.8 Å². The lowest BCUT2D eigenvalue weighted by molar-refractivity contribution is -0.151. The van der Waals surface area contributed by atoms with Gasteiger partial charge in [0.05, 0.1) is 31.7 Å². The van der Waals surface area contributed by atoms with Crippen LogP contribution in [0.3, 0.4) is 0 Å². The molecule has 260 valence electrons. The van der Waals surface area contributed by atoms with Crippen molar-refractivity contribution in [2.75, 3.05) is 37.9 Å². The molecule has 0 aliphatic heterocycles. The summed E-state index contributed by atoms with van der Waals surface area (Å²) in [7, 11) is 0. The number of unbranched alkanes of at least 4 members (excludes halogenated alkanes) is 9. The summed E-state index contributed by atoms with van der Waals surface area (Å²) >= 11 is 1.82. The number of ether oxygens (including phenoxy) is 2. The van der Waals surface area contributed by atoms with Crippen LogP contribution in [-0.4, -0.2) is 65.2 Å². The van der Waals surface area contributed by atoms with Gasteiger partial charge in [0, 0.05) is 23.3 Å². The second-order valence-electron chi connectivity index (χ2n) is 14.7. The SMILES string of the molecule is CCCCCCCCCCCCSCCC(=O)Oc1c(C(C)(C)C)cc(CCC(=O)OCC(CO)(CO)CO)cc1C(C)(C)C. The topological polar surface area (TPSA) is 113 Å². The number of carbonyl (C=O) groups is 2. The predicted molar refractivity (Wildman–Crippen MR) is 186 cm³/mol. The maximum Gasteiger partial charge on any atom is 0.312 e. The van der Waals surface area contributed by atoms with Gasteiger partial charge in [-0.3, -0.25) is 9.59 Å². The Kier molecular flexibility index (Phi) is 19.6. The molecular weight excluding hydrogens is 588 g/mol. The van der Waals surface area contributed by atoms with E-state index in [0.717, 1.165) is 28.2 Å². The third-order valence-corrected chi connectivity index (χ3v) is 9.31. The second-order valence-corrected chi connectivity index (χ2v) is 15.9. The van der Waals surface area contributed by atoms with Gasteiger partial charge in [0.1, 0.15) is 12.4 Å². The average molecular weight is 653 g/mol. The van der Waals surface area contributed by atoms with Crippen LogP contribution in [0.5, 0.6) is 5.75 Å². The zero-order valence-electron chi connectivity index (χ0n) is 29.5. The Balaban J connectivity index is 2.74. The first kappa shape index (κ1) is 41.4. The van der Waals surface area contributed by atoms with Gasteiger partial charge in [0.15, 0.2) is 0 Å². The standard InChI is InChI=1S/C37H64O7S/c1-8-9-10-11-12-13-14-15-16-17-21-45-22-20-33(42)44-34-30(35(2,3)4)23-29(24-31(34)36(5,6)7)18-19-32(41)43-28-37(25-38,26-39)27-40/h23-24,38-40H,8-22,25-28H2,1-7H3. The number of carbonyl (C=O) groups excluding carboxylic acids is 2. The highest BCUT2D eigenvalue weighted by molar-refractivity contribution is 7.99. The van der Waals surface area contributed by atoms with Crippen LogP contribution in [0.2, 0.25) is 0 Å². The third kappa shape index (κ3) is 16.2. The normalized spacial score (nSPS) is 12.4. The monoisotopic (exact) mass is 652 g/mol. The Bertz CT molecular complexity index is 946. The van der Waals surface area contributed by atoms with Crippen LogP contribution >= 0.6 is 11.8 Å². The molecule has 0 aromatic heterocycles. The van der Waals surface area contributed by atoms with E-state index in [2.05, 4.69) is 48.5 Å². The van der Waals surface area contributed by atoms with Crippen LogP contribution in [0, 0.1) is 5.41 Å². The molecule has 0 aliphatic rings. The van der Waals surface area contributed by atoms with Crippen molar-refractivity contribution >= 4 is 23.7 Å². The third-order valence-electron chi connectivity index (χ3n) is 8.24. The molecule has 0 saturated carbocycles. The quantitative estimate of drug-likeness (QED) is 0.0627. The smallest absolute Gasteiger partial charge is 0.312 e. The Morgan fingerprint density at radius 1 is 0.689 bits per heavy atom. The Labute approximate surface area is 278 Å². The summed E-state index contributed by atoms with van der Waals surface area (Å²) in [6, 6.07) is 4.04. The minimum atomic E-state index is -1.26. The van der Waals surface area contributed by atoms with E-state index in [-0.39, 0.29) is 29.8 Å². The molecule has 0 heterocycles. The van der Waals surface area contributed by atoms with Crippen molar-refractivity contribution in [2.24, 2.45) is 5.41 Å². The van der Waals surface area contributed by atoms with E-state index < -0.39 is 31.2 Å². The fraction of sp³-hybridized carbons (Fsp3) is 0.784. The number of hydrogen-bond donors (Lipinski definition) is 3. The molecule has 3 N–H and O–H groups in total. The molecule has 7 nitrogen and oxygen atoms in total. The fourth-order valence-electron chi connectivity index (χ4n) is 5.01. The molecule has 0 fully saturated rings. The Hall–Kier alpha value is -1.61. The molecule has 0 atom stereocenters. The number of aliphatic hydroxyl groups is 3. The van der Waals surface area contributed by atoms with Gasteiger partial charge >= 0.3 is 11.9 Å². The summed E-state index contributed by atoms with van der Waals surface area (Å²) in [5.41, 5.74) is 0.907. The van der Waals surface area contributed by atoms with Gasteiger partial charge in [-0.05, 0) is 35.0 Å². The molecule has 1 aromatic carbocycles. The molecule has 0 spiro atoms. The summed E-state index contributed by atoms with van der Waals surface area (Å²) in [5, 5.41) is 28.5. The summed E-state index contributed by atoms with van der Waals surface area (Å²) in [6.07, 6.45) is 14.1. The Morgan fingerprint density at radius 3 is 1.64 bits per heavy atom. The zero-order chi connectivity index (χ0) is 33.9. The summed E-state index contributed by atoms with van der Waals surface area (Å²) in [4.78, 5) is 25.6. The lowest BCUT2D eigenvalue weighted by Gasteiger charge is -2.30. The summed E-state index contributed by atoms with van der Waals surface area (Å²) in [5.74, 6) is 1.73. The molecule has 1 rings (SSSR count). The number of benzene rings is 1. The van der Waals surface area contributed by atoms with Gasteiger partial charge in [0.2, 0.25) is 0 Å². The lowest BCUT2D eigenvalue weighted by Crippen LogP contribution is -2.39. The van der Waals surface area contributed by atoms with Crippen LogP contribution in [0.25, 0.3) is 0 Å². The maximum atomic E-state index is 13.0. The molecule has 0 bridgehead atoms. The van der Waals surface area contributed by atoms with Gasteiger partial charge in [0.25, 0.3) is 0 Å². The number of aliphatic hydroxyl groups excluding tert-OH is 3. The van der Waals surface area contributed by atoms with Crippen molar-refractivity contribution in [3.63, 3.8) is 0 Å². The Morgan fingerprint density at radius 2 is 1.18 bits per heavy atom. The molecular formula is C37H64O7S. The van der Waals surface area contributed by atoms with Crippen molar-refractivity contribution < 1.29 is 34.4 Å². The van der Waals surface area contributed by atoms with Crippen molar-refractivity contribution in [2.45, 2.75) is 143 Å². The highest BCUT2D eigenvalue weighted by Crippen LogP contribution is 2.41. The zero-order valence-corrected chi connectivity index (χ0v) is 30.3. The van der Waals surface area contributed by atoms with E-state index in [0.29, 0.717) is 18.6 Å². The van der Waals surface area contributed by atoms with Crippen LogP contribution < -0.4 is 4.74 Å². The minimum Gasteiger partial charge on any atom is -0.465 e. The van der Waals surface area contributed by atoms with Gasteiger partial charge in [-0.2, -0.15) is 11.8 Å². The van der Waals surface area contributed by atoms with E-state index in [1.165, 1.54) is 64.2 Å². The fourth-order valence-corrected chi connectivity index (χ4v) is 5.93. The van der Waals surface area contributed by atoms with Crippen molar-refractivity contribution in [3.05, 3.63) is 28.8 Å². The number of hydrogen-bond acceptors (Lipinski definition) is 8. The molecule has 0 aliphatic carbocycles. The van der Waals surface area contributed by atoms with E-state index in [1.807, 2.05) is 23.9 Å². The molecule has 0 amide bonds. The van der Waals surface area contributed by atoms with Crippen LogP contribution in [0.4, 0.5) is 0 Å². The lowest BCUT2D eigenvalue weighted by atomic mass is 9.78. The number of aryl methyl sites for hydroxylation is 1.